The minimum atomic E-state index is -3.68. The van der Waals surface area contributed by atoms with E-state index >= 15 is 0 Å². The van der Waals surface area contributed by atoms with Crippen LogP contribution in [0.3, 0.4) is 0 Å². The van der Waals surface area contributed by atoms with Gasteiger partial charge in [0.1, 0.15) is 11.6 Å². The zero-order valence-corrected chi connectivity index (χ0v) is 27.3. The number of nitrogens with zero attached hydrogens (tertiary/aromatic N) is 2. The monoisotopic (exact) mass is 665 g/mol. The second-order valence-corrected chi connectivity index (χ2v) is 14.1. The lowest BCUT2D eigenvalue weighted by Gasteiger charge is -2.32. The third kappa shape index (κ3) is 9.31. The van der Waals surface area contributed by atoms with Crippen LogP contribution in [-0.4, -0.2) is 111 Å². The van der Waals surface area contributed by atoms with Crippen LogP contribution in [0.15, 0.2) is 18.2 Å². The fourth-order valence-corrected chi connectivity index (χ4v) is 6.74. The number of benzene rings is 1. The van der Waals surface area contributed by atoms with E-state index in [4.69, 9.17) is 14.2 Å². The molecule has 1 aromatic carbocycles. The maximum absolute atomic E-state index is 13.2. The van der Waals surface area contributed by atoms with Gasteiger partial charge in [0.05, 0.1) is 30.9 Å². The summed E-state index contributed by atoms with van der Waals surface area (Å²) in [4.78, 5) is 62.9. The van der Waals surface area contributed by atoms with Crippen LogP contribution in [0.25, 0.3) is 0 Å². The van der Waals surface area contributed by atoms with Gasteiger partial charge in [0.25, 0.3) is 22.0 Å². The number of imide groups is 2. The lowest BCUT2D eigenvalue weighted by molar-refractivity contribution is -0.136. The molecule has 1 atom stereocenters. The highest BCUT2D eigenvalue weighted by atomic mass is 32.2. The molecule has 16 heteroatoms. The Bertz CT molecular complexity index is 1420. The Morgan fingerprint density at radius 1 is 0.978 bits per heavy atom. The molecule has 3 heterocycles. The molecule has 0 aromatic heterocycles. The Balaban J connectivity index is 1.08. The quantitative estimate of drug-likeness (QED) is 0.190. The third-order valence-electron chi connectivity index (χ3n) is 7.71. The predicted octanol–water partition coefficient (Wildman–Crippen LogP) is 0.877. The van der Waals surface area contributed by atoms with Crippen LogP contribution >= 0.6 is 0 Å². The maximum Gasteiger partial charge on any atom is 0.407 e. The van der Waals surface area contributed by atoms with Crippen LogP contribution < -0.4 is 15.4 Å². The number of carbonyl (C=O) groups excluding carboxylic acids is 5. The van der Waals surface area contributed by atoms with Gasteiger partial charge in [0, 0.05) is 38.7 Å². The smallest absolute Gasteiger partial charge is 0.407 e. The number of amides is 5. The maximum atomic E-state index is 13.2. The summed E-state index contributed by atoms with van der Waals surface area (Å²) in [5.41, 5.74) is 0.608. The average molecular weight is 666 g/mol. The lowest BCUT2D eigenvalue weighted by Crippen LogP contribution is -2.54. The molecule has 1 unspecified atom stereocenters. The molecule has 5 amide bonds. The summed E-state index contributed by atoms with van der Waals surface area (Å²) in [6, 6.07) is 3.87. The Labute approximate surface area is 268 Å². The number of hydrogen-bond acceptors (Lipinski definition) is 10. The van der Waals surface area contributed by atoms with Crippen LogP contribution in [0.5, 0.6) is 0 Å². The number of carbonyl (C=O) groups is 5. The molecule has 3 aliphatic rings. The SMILES string of the molecule is CC(C)(C)OC(=O)NC1CCN(S(=O)(=O)NCCOCCOCCCc2cccc3c2C(=O)N(C2CCC(=O)NC2=O)C3=O)CC1. The molecule has 3 N–H and O–H groups in total. The molecule has 46 heavy (non-hydrogen) atoms. The van der Waals surface area contributed by atoms with Crippen LogP contribution in [0.1, 0.15) is 79.2 Å². The standard InChI is InChI=1S/C30H43N5O10S/c1-30(2,3)45-29(40)32-21-11-14-34(15-12-21)46(41,42)31-13-17-44-19-18-43-16-5-7-20-6-4-8-22-25(20)28(39)35(27(22)38)23-9-10-24(36)33-26(23)37/h4,6,8,21,23,31H,5,7,9-19H2,1-3H3,(H,32,40)(H,33,36,37). The molecule has 3 aliphatic heterocycles. The van der Waals surface area contributed by atoms with Crippen molar-refractivity contribution in [3.63, 3.8) is 0 Å². The summed E-state index contributed by atoms with van der Waals surface area (Å²) in [5.74, 6) is -2.14. The van der Waals surface area contributed by atoms with Crippen molar-refractivity contribution >= 4 is 39.9 Å². The fraction of sp³-hybridized carbons (Fsp3) is 0.633. The van der Waals surface area contributed by atoms with Crippen LogP contribution in [0.2, 0.25) is 0 Å². The number of rotatable bonds is 14. The van der Waals surface area contributed by atoms with E-state index in [-0.39, 0.29) is 62.9 Å². The van der Waals surface area contributed by atoms with E-state index in [0.717, 1.165) is 4.90 Å². The van der Waals surface area contributed by atoms with Gasteiger partial charge in [-0.15, -0.1) is 0 Å². The highest BCUT2D eigenvalue weighted by molar-refractivity contribution is 7.87. The lowest BCUT2D eigenvalue weighted by atomic mass is 9.99. The van der Waals surface area contributed by atoms with Crippen LogP contribution in [0.4, 0.5) is 4.79 Å². The van der Waals surface area contributed by atoms with Crippen molar-refractivity contribution in [2.24, 2.45) is 0 Å². The summed E-state index contributed by atoms with van der Waals surface area (Å²) in [6.45, 7) is 7.07. The van der Waals surface area contributed by atoms with E-state index in [1.807, 2.05) is 0 Å². The van der Waals surface area contributed by atoms with Gasteiger partial charge in [0.15, 0.2) is 0 Å². The molecule has 2 fully saturated rings. The van der Waals surface area contributed by atoms with E-state index in [2.05, 4.69) is 15.4 Å². The third-order valence-corrected chi connectivity index (χ3v) is 9.32. The number of piperidine rings is 2. The van der Waals surface area contributed by atoms with Crippen LogP contribution in [0, 0.1) is 0 Å². The molecule has 0 aliphatic carbocycles. The first-order valence-corrected chi connectivity index (χ1v) is 16.9. The Hall–Kier alpha value is -3.44. The van der Waals surface area contributed by atoms with Crippen molar-refractivity contribution in [1.82, 2.24) is 24.6 Å². The van der Waals surface area contributed by atoms with Gasteiger partial charge in [-0.25, -0.2) is 4.79 Å². The molecule has 0 spiro atoms. The molecule has 15 nitrogen and oxygen atoms in total. The number of nitrogens with one attached hydrogen (secondary N) is 3. The molecular weight excluding hydrogens is 622 g/mol. The normalized spacial score (nSPS) is 19.7. The van der Waals surface area contributed by atoms with Crippen molar-refractivity contribution in [2.75, 3.05) is 46.1 Å². The second-order valence-electron chi connectivity index (χ2n) is 12.3. The Kier molecular flexibility index (Phi) is 11.9. The van der Waals surface area contributed by atoms with Gasteiger partial charge in [0.2, 0.25) is 11.8 Å². The molecule has 2 saturated heterocycles. The summed E-state index contributed by atoms with van der Waals surface area (Å²) >= 11 is 0. The molecule has 1 aromatic rings. The van der Waals surface area contributed by atoms with Gasteiger partial charge in [-0.05, 0) is 64.5 Å². The van der Waals surface area contributed by atoms with Gasteiger partial charge >= 0.3 is 6.09 Å². The number of hydrogen-bond donors (Lipinski definition) is 3. The van der Waals surface area contributed by atoms with E-state index < -0.39 is 51.6 Å². The summed E-state index contributed by atoms with van der Waals surface area (Å²) < 4.78 is 45.4. The first-order valence-electron chi connectivity index (χ1n) is 15.5. The molecule has 0 saturated carbocycles. The minimum Gasteiger partial charge on any atom is -0.444 e. The van der Waals surface area contributed by atoms with Crippen LogP contribution in [-0.2, 0) is 40.4 Å². The molecule has 0 radical (unpaired) electrons. The van der Waals surface area contributed by atoms with Crippen molar-refractivity contribution in [2.45, 2.75) is 77.0 Å². The van der Waals surface area contributed by atoms with Crippen molar-refractivity contribution < 1.29 is 46.6 Å². The fourth-order valence-electron chi connectivity index (χ4n) is 5.53. The topological polar surface area (TPSA) is 190 Å². The van der Waals surface area contributed by atoms with Gasteiger partial charge in [-0.1, -0.05) is 12.1 Å². The summed E-state index contributed by atoms with van der Waals surface area (Å²) in [7, 11) is -3.68. The van der Waals surface area contributed by atoms with Crippen molar-refractivity contribution in [3.05, 3.63) is 34.9 Å². The average Bonchev–Trinajstić information content (AvgIpc) is 3.23. The van der Waals surface area contributed by atoms with Gasteiger partial charge in [-0.2, -0.15) is 17.4 Å². The highest BCUT2D eigenvalue weighted by Gasteiger charge is 2.45. The number of aryl methyl sites for hydroxylation is 1. The highest BCUT2D eigenvalue weighted by Crippen LogP contribution is 2.30. The largest absolute Gasteiger partial charge is 0.444 e. The molecular formula is C30H43N5O10S. The Morgan fingerprint density at radius 3 is 2.35 bits per heavy atom. The molecule has 254 valence electrons. The first-order chi connectivity index (χ1) is 21.8. The van der Waals surface area contributed by atoms with E-state index in [9.17, 15) is 32.4 Å². The Morgan fingerprint density at radius 2 is 1.67 bits per heavy atom. The summed E-state index contributed by atoms with van der Waals surface area (Å²) in [5, 5.41) is 4.98. The number of alkyl carbamates (subject to hydrolysis) is 1. The molecule has 4 rings (SSSR count). The zero-order valence-electron chi connectivity index (χ0n) is 26.5. The number of ether oxygens (including phenoxy) is 3. The summed E-state index contributed by atoms with van der Waals surface area (Å²) in [6.07, 6.45) is 1.66. The molecule has 0 bridgehead atoms. The van der Waals surface area contributed by atoms with E-state index in [1.54, 1.807) is 39.0 Å². The number of fused-ring (bicyclic) bond motifs is 1. The second kappa shape index (κ2) is 15.4. The van der Waals surface area contributed by atoms with E-state index in [0.29, 0.717) is 44.5 Å². The van der Waals surface area contributed by atoms with Gasteiger partial charge < -0.3 is 19.5 Å². The van der Waals surface area contributed by atoms with Crippen molar-refractivity contribution in [3.8, 4) is 0 Å². The van der Waals surface area contributed by atoms with E-state index in [1.165, 1.54) is 4.31 Å². The van der Waals surface area contributed by atoms with Gasteiger partial charge in [-0.3, -0.25) is 29.4 Å². The predicted molar refractivity (Wildman–Crippen MR) is 164 cm³/mol. The zero-order chi connectivity index (χ0) is 33.5. The minimum absolute atomic E-state index is 0.0598. The van der Waals surface area contributed by atoms with Crippen molar-refractivity contribution in [1.29, 1.82) is 0 Å². The first kappa shape index (κ1) is 35.4.